The quantitative estimate of drug-likeness (QED) is 0.424. The van der Waals surface area contributed by atoms with Gasteiger partial charge in [-0.3, -0.25) is 9.78 Å². The van der Waals surface area contributed by atoms with E-state index < -0.39 is 35.4 Å². The molecule has 3 N–H and O–H groups in total. The standard InChI is InChI=1S/C29H33NO4/c1-18(2)29(28(33)34,24-12-9-13-30-17-24)27(32)25(23-15-19(3)14-20(4)16-23)26(31)21(5)22-10-7-6-8-11-22/h6-18,25-27,31-32H,5H2,1-4H3,(H,33,34). The molecule has 4 atom stereocenters. The maximum atomic E-state index is 12.9. The largest absolute Gasteiger partial charge is 0.480 e. The lowest BCUT2D eigenvalue weighted by Crippen LogP contribution is -2.55. The molecule has 0 amide bonds. The summed E-state index contributed by atoms with van der Waals surface area (Å²) in [5.41, 5.74) is 2.38. The molecule has 0 saturated heterocycles. The van der Waals surface area contributed by atoms with E-state index in [0.29, 0.717) is 16.7 Å². The van der Waals surface area contributed by atoms with Crippen LogP contribution in [0.4, 0.5) is 0 Å². The van der Waals surface area contributed by atoms with Gasteiger partial charge in [-0.1, -0.05) is 86.2 Å². The van der Waals surface area contributed by atoms with Crippen LogP contribution in [-0.4, -0.2) is 38.5 Å². The van der Waals surface area contributed by atoms with Crippen LogP contribution in [0.5, 0.6) is 0 Å². The number of carboxylic acids is 1. The summed E-state index contributed by atoms with van der Waals surface area (Å²) in [6.07, 6.45) is 0.337. The monoisotopic (exact) mass is 459 g/mol. The van der Waals surface area contributed by atoms with E-state index in [1.54, 1.807) is 32.2 Å². The molecule has 0 saturated carbocycles. The number of nitrogens with zero attached hydrogens (tertiary/aromatic N) is 1. The highest BCUT2D eigenvalue weighted by molar-refractivity contribution is 5.83. The SMILES string of the molecule is C=C(c1ccccc1)C(O)C(c1cc(C)cc(C)c1)C(O)C(C(=O)O)(c1cccnc1)C(C)C. The summed E-state index contributed by atoms with van der Waals surface area (Å²) in [4.78, 5) is 17.1. The lowest BCUT2D eigenvalue weighted by molar-refractivity contribution is -0.153. The molecule has 4 unspecified atom stereocenters. The minimum absolute atomic E-state index is 0.386. The van der Waals surface area contributed by atoms with E-state index >= 15 is 0 Å². The maximum Gasteiger partial charge on any atom is 0.317 e. The third kappa shape index (κ3) is 4.67. The highest BCUT2D eigenvalue weighted by Gasteiger charge is 2.54. The van der Waals surface area contributed by atoms with E-state index in [1.807, 2.05) is 62.4 Å². The Morgan fingerprint density at radius 2 is 1.59 bits per heavy atom. The molecule has 34 heavy (non-hydrogen) atoms. The maximum absolute atomic E-state index is 12.9. The first-order valence-electron chi connectivity index (χ1n) is 11.4. The van der Waals surface area contributed by atoms with Gasteiger partial charge < -0.3 is 15.3 Å². The Morgan fingerprint density at radius 1 is 0.971 bits per heavy atom. The van der Waals surface area contributed by atoms with E-state index in [-0.39, 0.29) is 0 Å². The lowest BCUT2D eigenvalue weighted by atomic mass is 9.62. The fourth-order valence-electron chi connectivity index (χ4n) is 5.01. The van der Waals surface area contributed by atoms with Crippen LogP contribution in [0, 0.1) is 19.8 Å². The van der Waals surface area contributed by atoms with Crippen LogP contribution in [0.25, 0.3) is 5.57 Å². The molecule has 0 aliphatic heterocycles. The summed E-state index contributed by atoms with van der Waals surface area (Å²) >= 11 is 0. The van der Waals surface area contributed by atoms with Gasteiger partial charge in [-0.25, -0.2) is 0 Å². The van der Waals surface area contributed by atoms with Crippen molar-refractivity contribution >= 4 is 11.5 Å². The predicted octanol–water partition coefficient (Wildman–Crippen LogP) is 4.90. The van der Waals surface area contributed by atoms with Gasteiger partial charge in [0.05, 0.1) is 12.2 Å². The highest BCUT2D eigenvalue weighted by Crippen LogP contribution is 2.45. The molecule has 0 radical (unpaired) electrons. The third-order valence-electron chi connectivity index (χ3n) is 6.68. The van der Waals surface area contributed by atoms with Crippen molar-refractivity contribution < 1.29 is 20.1 Å². The Morgan fingerprint density at radius 3 is 2.09 bits per heavy atom. The van der Waals surface area contributed by atoms with Gasteiger partial charge in [0.1, 0.15) is 5.41 Å². The van der Waals surface area contributed by atoms with Crippen molar-refractivity contribution in [3.05, 3.63) is 107 Å². The van der Waals surface area contributed by atoms with Crippen molar-refractivity contribution in [2.75, 3.05) is 0 Å². The van der Waals surface area contributed by atoms with E-state index in [2.05, 4.69) is 11.6 Å². The first kappa shape index (κ1) is 25.3. The number of hydrogen-bond acceptors (Lipinski definition) is 4. The molecule has 5 nitrogen and oxygen atoms in total. The van der Waals surface area contributed by atoms with Gasteiger partial charge in [0, 0.05) is 18.3 Å². The molecule has 178 valence electrons. The highest BCUT2D eigenvalue weighted by atomic mass is 16.4. The molecular formula is C29H33NO4. The van der Waals surface area contributed by atoms with Crippen LogP contribution < -0.4 is 0 Å². The van der Waals surface area contributed by atoms with Crippen molar-refractivity contribution in [2.45, 2.75) is 51.2 Å². The fraction of sp³-hybridized carbons (Fsp3) is 0.310. The molecule has 3 aromatic rings. The third-order valence-corrected chi connectivity index (χ3v) is 6.68. The molecule has 2 aromatic carbocycles. The van der Waals surface area contributed by atoms with Crippen LogP contribution in [0.3, 0.4) is 0 Å². The second kappa shape index (κ2) is 10.3. The Labute approximate surface area is 201 Å². The molecule has 1 aromatic heterocycles. The Bertz CT molecular complexity index is 1120. The van der Waals surface area contributed by atoms with Gasteiger partial charge in [0.25, 0.3) is 0 Å². The number of pyridine rings is 1. The van der Waals surface area contributed by atoms with Crippen molar-refractivity contribution in [3.8, 4) is 0 Å². The van der Waals surface area contributed by atoms with E-state index in [0.717, 1.165) is 16.7 Å². The zero-order valence-corrected chi connectivity index (χ0v) is 20.1. The van der Waals surface area contributed by atoms with Crippen LogP contribution >= 0.6 is 0 Å². The summed E-state index contributed by atoms with van der Waals surface area (Å²) < 4.78 is 0. The Kier molecular flexibility index (Phi) is 7.70. The average molecular weight is 460 g/mol. The number of benzene rings is 2. The molecule has 0 bridgehead atoms. The molecular weight excluding hydrogens is 426 g/mol. The van der Waals surface area contributed by atoms with Crippen molar-refractivity contribution in [3.63, 3.8) is 0 Å². The number of aliphatic carboxylic acids is 1. The van der Waals surface area contributed by atoms with Crippen LogP contribution in [0.2, 0.25) is 0 Å². The number of aryl methyl sites for hydroxylation is 2. The molecule has 0 aliphatic rings. The Hall–Kier alpha value is -3.28. The van der Waals surface area contributed by atoms with E-state index in [4.69, 9.17) is 0 Å². The van der Waals surface area contributed by atoms with E-state index in [9.17, 15) is 20.1 Å². The number of aliphatic hydroxyl groups is 2. The van der Waals surface area contributed by atoms with E-state index in [1.165, 1.54) is 6.20 Å². The average Bonchev–Trinajstić information content (AvgIpc) is 2.79. The molecule has 0 aliphatic carbocycles. The van der Waals surface area contributed by atoms with Gasteiger partial charge >= 0.3 is 5.97 Å². The van der Waals surface area contributed by atoms with Gasteiger partial charge in [0.2, 0.25) is 0 Å². The van der Waals surface area contributed by atoms with Crippen LogP contribution in [0.15, 0.2) is 79.6 Å². The summed E-state index contributed by atoms with van der Waals surface area (Å²) in [6, 6.07) is 18.3. The fourth-order valence-corrected chi connectivity index (χ4v) is 5.01. The zero-order valence-electron chi connectivity index (χ0n) is 20.1. The number of hydrogen-bond donors (Lipinski definition) is 3. The number of carbonyl (C=O) groups is 1. The number of carboxylic acid groups (broad SMARTS) is 1. The summed E-state index contributed by atoms with van der Waals surface area (Å²) in [5.74, 6) is -2.63. The number of aliphatic hydroxyl groups excluding tert-OH is 2. The smallest absolute Gasteiger partial charge is 0.317 e. The molecule has 0 fully saturated rings. The lowest BCUT2D eigenvalue weighted by Gasteiger charge is -2.43. The summed E-state index contributed by atoms with van der Waals surface area (Å²) in [7, 11) is 0. The number of aromatic nitrogens is 1. The van der Waals surface area contributed by atoms with Crippen LogP contribution in [0.1, 0.15) is 47.6 Å². The molecule has 1 heterocycles. The first-order valence-corrected chi connectivity index (χ1v) is 11.4. The van der Waals surface area contributed by atoms with Crippen LogP contribution in [-0.2, 0) is 10.2 Å². The van der Waals surface area contributed by atoms with Crippen molar-refractivity contribution in [2.24, 2.45) is 5.92 Å². The zero-order chi connectivity index (χ0) is 25.0. The predicted molar refractivity (Wildman–Crippen MR) is 135 cm³/mol. The van der Waals surface area contributed by atoms with Gasteiger partial charge in [0.15, 0.2) is 0 Å². The number of rotatable bonds is 9. The molecule has 0 spiro atoms. The minimum atomic E-state index is -1.71. The van der Waals surface area contributed by atoms with Gasteiger partial charge in [-0.05, 0) is 48.1 Å². The Balaban J connectivity index is 2.25. The second-order valence-electron chi connectivity index (χ2n) is 9.30. The van der Waals surface area contributed by atoms with Gasteiger partial charge in [-0.15, -0.1) is 0 Å². The topological polar surface area (TPSA) is 90.7 Å². The summed E-state index contributed by atoms with van der Waals surface area (Å²) in [5, 5.41) is 34.2. The normalized spacial score (nSPS) is 15.9. The summed E-state index contributed by atoms with van der Waals surface area (Å²) in [6.45, 7) is 11.5. The van der Waals surface area contributed by atoms with Crippen molar-refractivity contribution in [1.29, 1.82) is 0 Å². The van der Waals surface area contributed by atoms with Crippen molar-refractivity contribution in [1.82, 2.24) is 4.98 Å². The first-order chi connectivity index (χ1) is 16.1. The second-order valence-corrected chi connectivity index (χ2v) is 9.30. The minimum Gasteiger partial charge on any atom is -0.480 e. The molecule has 3 rings (SSSR count). The van der Waals surface area contributed by atoms with Gasteiger partial charge in [-0.2, -0.15) is 0 Å². The molecule has 5 heteroatoms.